The van der Waals surface area contributed by atoms with E-state index in [0.717, 1.165) is 0 Å². The van der Waals surface area contributed by atoms with Crippen molar-refractivity contribution in [3.8, 4) is 5.75 Å². The average molecular weight is 266 g/mol. The first-order chi connectivity index (χ1) is 9.11. The first-order valence-electron chi connectivity index (χ1n) is 5.83. The van der Waals surface area contributed by atoms with Gasteiger partial charge < -0.3 is 14.8 Å². The standard InChI is InChI=1S/C12H14N2O5/c1-18-12(15)9-6-8(7-13-9)19-11-5-3-2-4-10(11)14(16)17/h2-5,8-9,13H,6-7H2,1H3/t8-,9+/m1/s1. The Morgan fingerprint density at radius 3 is 2.89 bits per heavy atom. The number of nitrogens with zero attached hydrogens (tertiary/aromatic N) is 1. The minimum absolute atomic E-state index is 0.0796. The van der Waals surface area contributed by atoms with Gasteiger partial charge in [-0.3, -0.25) is 14.9 Å². The molecule has 1 aliphatic rings. The third-order valence-electron chi connectivity index (χ3n) is 2.93. The molecule has 7 nitrogen and oxygen atoms in total. The van der Waals surface area contributed by atoms with Gasteiger partial charge in [0.2, 0.25) is 0 Å². The number of hydrogen-bond donors (Lipinski definition) is 1. The summed E-state index contributed by atoms with van der Waals surface area (Å²) in [4.78, 5) is 21.7. The summed E-state index contributed by atoms with van der Waals surface area (Å²) < 4.78 is 10.2. The highest BCUT2D eigenvalue weighted by Gasteiger charge is 2.32. The summed E-state index contributed by atoms with van der Waals surface area (Å²) >= 11 is 0. The minimum atomic E-state index is -0.491. The summed E-state index contributed by atoms with van der Waals surface area (Å²) in [7, 11) is 1.32. The van der Waals surface area contributed by atoms with Crippen molar-refractivity contribution in [3.63, 3.8) is 0 Å². The van der Waals surface area contributed by atoms with Crippen LogP contribution in [0.2, 0.25) is 0 Å². The van der Waals surface area contributed by atoms with Crippen LogP contribution in [-0.2, 0) is 9.53 Å². The molecular weight excluding hydrogens is 252 g/mol. The second-order valence-electron chi connectivity index (χ2n) is 4.18. The fraction of sp³-hybridized carbons (Fsp3) is 0.417. The lowest BCUT2D eigenvalue weighted by molar-refractivity contribution is -0.386. The minimum Gasteiger partial charge on any atom is -0.482 e. The monoisotopic (exact) mass is 266 g/mol. The van der Waals surface area contributed by atoms with E-state index in [1.165, 1.54) is 13.2 Å². The fourth-order valence-corrected chi connectivity index (χ4v) is 2.00. The van der Waals surface area contributed by atoms with Crippen LogP contribution in [0.5, 0.6) is 5.75 Å². The van der Waals surface area contributed by atoms with Gasteiger partial charge in [-0.2, -0.15) is 0 Å². The van der Waals surface area contributed by atoms with Crippen LogP contribution in [0, 0.1) is 10.1 Å². The second kappa shape index (κ2) is 5.66. The van der Waals surface area contributed by atoms with Crippen LogP contribution < -0.4 is 10.1 Å². The van der Waals surface area contributed by atoms with Gasteiger partial charge in [0, 0.05) is 19.0 Å². The Kier molecular flexibility index (Phi) is 3.96. The molecule has 0 aliphatic carbocycles. The number of nitrogens with one attached hydrogen (secondary N) is 1. The summed E-state index contributed by atoms with van der Waals surface area (Å²) in [5, 5.41) is 13.8. The van der Waals surface area contributed by atoms with Gasteiger partial charge in [0.05, 0.1) is 12.0 Å². The van der Waals surface area contributed by atoms with Crippen molar-refractivity contribution in [2.45, 2.75) is 18.6 Å². The Balaban J connectivity index is 2.03. The number of nitro benzene ring substituents is 1. The maximum Gasteiger partial charge on any atom is 0.323 e. The van der Waals surface area contributed by atoms with E-state index < -0.39 is 11.0 Å². The average Bonchev–Trinajstić information content (AvgIpc) is 2.86. The van der Waals surface area contributed by atoms with E-state index in [9.17, 15) is 14.9 Å². The van der Waals surface area contributed by atoms with Gasteiger partial charge >= 0.3 is 11.7 Å². The van der Waals surface area contributed by atoms with E-state index in [-0.39, 0.29) is 23.5 Å². The molecule has 0 saturated carbocycles. The highest BCUT2D eigenvalue weighted by atomic mass is 16.6. The number of methoxy groups -OCH3 is 1. The summed E-state index contributed by atoms with van der Waals surface area (Å²) in [5.74, 6) is -0.140. The molecule has 0 spiro atoms. The van der Waals surface area contributed by atoms with Crippen LogP contribution in [0.3, 0.4) is 0 Å². The van der Waals surface area contributed by atoms with E-state index in [0.29, 0.717) is 13.0 Å². The molecule has 1 aromatic carbocycles. The van der Waals surface area contributed by atoms with Gasteiger partial charge in [-0.25, -0.2) is 0 Å². The van der Waals surface area contributed by atoms with Crippen LogP contribution in [0.25, 0.3) is 0 Å². The number of rotatable bonds is 4. The lowest BCUT2D eigenvalue weighted by atomic mass is 10.2. The first kappa shape index (κ1) is 13.3. The summed E-state index contributed by atoms with van der Waals surface area (Å²) in [6, 6.07) is 5.76. The van der Waals surface area contributed by atoms with Crippen molar-refractivity contribution in [2.24, 2.45) is 0 Å². The summed E-state index contributed by atoms with van der Waals surface area (Å²) in [5.41, 5.74) is -0.0796. The number of para-hydroxylation sites is 2. The van der Waals surface area contributed by atoms with Crippen molar-refractivity contribution in [1.29, 1.82) is 0 Å². The van der Waals surface area contributed by atoms with Crippen LogP contribution in [0.15, 0.2) is 24.3 Å². The number of carbonyl (C=O) groups is 1. The van der Waals surface area contributed by atoms with Crippen molar-refractivity contribution in [1.82, 2.24) is 5.32 Å². The molecule has 2 atom stereocenters. The van der Waals surface area contributed by atoms with Crippen molar-refractivity contribution in [3.05, 3.63) is 34.4 Å². The molecule has 19 heavy (non-hydrogen) atoms. The lowest BCUT2D eigenvalue weighted by Gasteiger charge is -2.12. The first-order valence-corrected chi connectivity index (χ1v) is 5.83. The molecular formula is C12H14N2O5. The molecule has 0 bridgehead atoms. The highest BCUT2D eigenvalue weighted by molar-refractivity contribution is 5.76. The van der Waals surface area contributed by atoms with Gasteiger partial charge in [0.1, 0.15) is 12.1 Å². The van der Waals surface area contributed by atoms with Gasteiger partial charge in [0.15, 0.2) is 5.75 Å². The quantitative estimate of drug-likeness (QED) is 0.494. The Labute approximate surface area is 109 Å². The van der Waals surface area contributed by atoms with Crippen LogP contribution in [-0.4, -0.2) is 36.7 Å². The molecule has 0 radical (unpaired) electrons. The number of esters is 1. The Morgan fingerprint density at radius 1 is 1.47 bits per heavy atom. The zero-order valence-electron chi connectivity index (χ0n) is 10.4. The Hall–Kier alpha value is -2.15. The zero-order chi connectivity index (χ0) is 13.8. The molecule has 0 amide bonds. The molecule has 2 rings (SSSR count). The topological polar surface area (TPSA) is 90.7 Å². The molecule has 0 aromatic heterocycles. The zero-order valence-corrected chi connectivity index (χ0v) is 10.4. The van der Waals surface area contributed by atoms with E-state index >= 15 is 0 Å². The molecule has 102 valence electrons. The lowest BCUT2D eigenvalue weighted by Crippen LogP contribution is -2.31. The normalized spacial score (nSPS) is 21.9. The largest absolute Gasteiger partial charge is 0.482 e. The van der Waals surface area contributed by atoms with Gasteiger partial charge in [0.25, 0.3) is 0 Å². The second-order valence-corrected chi connectivity index (χ2v) is 4.18. The van der Waals surface area contributed by atoms with E-state index in [4.69, 9.17) is 4.74 Å². The molecule has 1 heterocycles. The number of nitro groups is 1. The highest BCUT2D eigenvalue weighted by Crippen LogP contribution is 2.28. The number of carbonyl (C=O) groups excluding carboxylic acids is 1. The van der Waals surface area contributed by atoms with Crippen LogP contribution in [0.4, 0.5) is 5.69 Å². The Morgan fingerprint density at radius 2 is 2.21 bits per heavy atom. The third kappa shape index (κ3) is 3.00. The molecule has 1 fully saturated rings. The van der Waals surface area contributed by atoms with E-state index in [1.54, 1.807) is 18.2 Å². The molecule has 1 aromatic rings. The maximum atomic E-state index is 11.3. The van der Waals surface area contributed by atoms with Gasteiger partial charge in [-0.1, -0.05) is 12.1 Å². The number of benzene rings is 1. The summed E-state index contributed by atoms with van der Waals surface area (Å²) in [6.07, 6.45) is 0.142. The number of hydrogen-bond acceptors (Lipinski definition) is 6. The van der Waals surface area contributed by atoms with Gasteiger partial charge in [-0.05, 0) is 6.07 Å². The molecule has 1 saturated heterocycles. The molecule has 7 heteroatoms. The fourth-order valence-electron chi connectivity index (χ4n) is 2.00. The predicted molar refractivity (Wildman–Crippen MR) is 65.9 cm³/mol. The molecule has 1 aliphatic heterocycles. The van der Waals surface area contributed by atoms with Crippen molar-refractivity contribution < 1.29 is 19.2 Å². The molecule has 1 N–H and O–H groups in total. The van der Waals surface area contributed by atoms with Crippen LogP contribution in [0.1, 0.15) is 6.42 Å². The van der Waals surface area contributed by atoms with Crippen molar-refractivity contribution in [2.75, 3.05) is 13.7 Å². The van der Waals surface area contributed by atoms with Crippen molar-refractivity contribution >= 4 is 11.7 Å². The molecule has 0 unspecified atom stereocenters. The van der Waals surface area contributed by atoms with E-state index in [1.807, 2.05) is 0 Å². The van der Waals surface area contributed by atoms with E-state index in [2.05, 4.69) is 10.1 Å². The number of ether oxygens (including phenoxy) is 2. The third-order valence-corrected chi connectivity index (χ3v) is 2.93. The smallest absolute Gasteiger partial charge is 0.323 e. The maximum absolute atomic E-state index is 11.3. The predicted octanol–water partition coefficient (Wildman–Crippen LogP) is 0.877. The summed E-state index contributed by atoms with van der Waals surface area (Å²) in [6.45, 7) is 0.450. The van der Waals surface area contributed by atoms with Gasteiger partial charge in [-0.15, -0.1) is 0 Å². The Bertz CT molecular complexity index is 491. The van der Waals surface area contributed by atoms with Crippen LogP contribution >= 0.6 is 0 Å². The SMILES string of the molecule is COC(=O)[C@@H]1C[C@@H](Oc2ccccc2[N+](=O)[O-])CN1.